The van der Waals surface area contributed by atoms with Crippen LogP contribution < -0.4 is 5.32 Å². The predicted octanol–water partition coefficient (Wildman–Crippen LogP) is 2.55. The van der Waals surface area contributed by atoms with Crippen LogP contribution in [0.3, 0.4) is 0 Å². The molecule has 0 bridgehead atoms. The van der Waals surface area contributed by atoms with Gasteiger partial charge in [-0.25, -0.2) is 9.79 Å². The zero-order chi connectivity index (χ0) is 22.9. The van der Waals surface area contributed by atoms with E-state index in [-0.39, 0.29) is 48.4 Å². The number of likely N-dealkylation sites (N-methyl/N-ethyl adjacent to an activating group) is 1. The Labute approximate surface area is 212 Å². The number of carbonyl (C=O) groups excluding carboxylic acids is 2. The highest BCUT2D eigenvalue weighted by molar-refractivity contribution is 14.0. The van der Waals surface area contributed by atoms with Gasteiger partial charge in [0.2, 0.25) is 5.91 Å². The van der Waals surface area contributed by atoms with Gasteiger partial charge in [0, 0.05) is 33.4 Å². The van der Waals surface area contributed by atoms with Crippen LogP contribution in [0.1, 0.15) is 41.7 Å². The Hall–Kier alpha value is -2.63. The third-order valence-electron chi connectivity index (χ3n) is 5.33. The fourth-order valence-corrected chi connectivity index (χ4v) is 3.55. The monoisotopic (exact) mass is 568 g/mol. The van der Waals surface area contributed by atoms with Gasteiger partial charge in [-0.3, -0.25) is 9.48 Å². The van der Waals surface area contributed by atoms with Crippen LogP contribution in [0.15, 0.2) is 47.7 Å². The molecule has 1 N–H and O–H groups in total. The normalized spacial score (nSPS) is 16.0. The van der Waals surface area contributed by atoms with Crippen molar-refractivity contribution in [3.8, 4) is 0 Å². The Bertz CT molecular complexity index is 931. The van der Waals surface area contributed by atoms with E-state index in [1.54, 1.807) is 38.3 Å². The molecule has 1 aliphatic heterocycles. The quantitative estimate of drug-likeness (QED) is 0.239. The number of carbonyl (C=O) groups is 2. The van der Waals surface area contributed by atoms with Crippen molar-refractivity contribution < 1.29 is 14.3 Å². The lowest BCUT2D eigenvalue weighted by atomic mass is 10.1. The van der Waals surface area contributed by atoms with Crippen LogP contribution in [0, 0.1) is 0 Å². The number of nitrogens with zero attached hydrogens (tertiary/aromatic N) is 5. The molecule has 1 atom stereocenters. The van der Waals surface area contributed by atoms with Gasteiger partial charge >= 0.3 is 5.97 Å². The van der Waals surface area contributed by atoms with E-state index in [9.17, 15) is 9.59 Å². The lowest BCUT2D eigenvalue weighted by Crippen LogP contribution is -2.49. The maximum Gasteiger partial charge on any atom is 0.341 e. The molecule has 1 saturated heterocycles. The minimum atomic E-state index is -0.361. The van der Waals surface area contributed by atoms with Gasteiger partial charge < -0.3 is 19.9 Å². The van der Waals surface area contributed by atoms with Gasteiger partial charge in [0.1, 0.15) is 0 Å². The summed E-state index contributed by atoms with van der Waals surface area (Å²) in [5, 5.41) is 7.63. The molecule has 2 aromatic rings. The molecule has 1 fully saturated rings. The summed E-state index contributed by atoms with van der Waals surface area (Å²) < 4.78 is 6.90. The highest BCUT2D eigenvalue weighted by Crippen LogP contribution is 2.22. The second kappa shape index (κ2) is 13.2. The number of aliphatic imine (C=N–C) groups is 1. The number of piperidine rings is 1. The van der Waals surface area contributed by atoms with E-state index < -0.39 is 0 Å². The van der Waals surface area contributed by atoms with Gasteiger partial charge in [-0.2, -0.15) is 5.10 Å². The van der Waals surface area contributed by atoms with Gasteiger partial charge in [-0.1, -0.05) is 30.3 Å². The molecule has 0 saturated carbocycles. The number of likely N-dealkylation sites (tertiary alicyclic amines) is 1. The minimum absolute atomic E-state index is 0. The molecule has 1 unspecified atom stereocenters. The molecule has 1 amide bonds. The Morgan fingerprint density at radius 2 is 2.03 bits per heavy atom. The molecule has 0 radical (unpaired) electrons. The Morgan fingerprint density at radius 3 is 2.73 bits per heavy atom. The summed E-state index contributed by atoms with van der Waals surface area (Å²) in [5.74, 6) is 0.323. The summed E-state index contributed by atoms with van der Waals surface area (Å²) in [7, 11) is 3.47. The zero-order valence-corrected chi connectivity index (χ0v) is 21.8. The third-order valence-corrected chi connectivity index (χ3v) is 5.33. The van der Waals surface area contributed by atoms with Crippen molar-refractivity contribution in [3.63, 3.8) is 0 Å². The molecular weight excluding hydrogens is 535 g/mol. The first-order valence-electron chi connectivity index (χ1n) is 11.0. The zero-order valence-electron chi connectivity index (χ0n) is 19.4. The van der Waals surface area contributed by atoms with Crippen molar-refractivity contribution in [1.29, 1.82) is 0 Å². The van der Waals surface area contributed by atoms with Crippen LogP contribution in [0.5, 0.6) is 0 Å². The van der Waals surface area contributed by atoms with Crippen molar-refractivity contribution in [2.75, 3.05) is 40.3 Å². The van der Waals surface area contributed by atoms with Crippen LogP contribution in [0.2, 0.25) is 0 Å². The van der Waals surface area contributed by atoms with E-state index in [0.29, 0.717) is 31.2 Å². The summed E-state index contributed by atoms with van der Waals surface area (Å²) in [6.07, 6.45) is 5.20. The number of guanidine groups is 1. The summed E-state index contributed by atoms with van der Waals surface area (Å²) >= 11 is 0. The van der Waals surface area contributed by atoms with E-state index in [2.05, 4.69) is 15.3 Å². The Morgan fingerprint density at radius 1 is 1.27 bits per heavy atom. The van der Waals surface area contributed by atoms with Crippen molar-refractivity contribution in [2.45, 2.75) is 32.4 Å². The average molecular weight is 568 g/mol. The molecule has 1 aromatic carbocycles. The van der Waals surface area contributed by atoms with E-state index in [4.69, 9.17) is 9.73 Å². The molecule has 1 aliphatic rings. The summed E-state index contributed by atoms with van der Waals surface area (Å²) in [6.45, 7) is 4.33. The molecule has 10 heteroatoms. The largest absolute Gasteiger partial charge is 0.462 e. The lowest BCUT2D eigenvalue weighted by molar-refractivity contribution is -0.127. The molecule has 0 aliphatic carbocycles. The Kier molecular flexibility index (Phi) is 10.6. The molecule has 180 valence electrons. The molecule has 0 spiro atoms. The van der Waals surface area contributed by atoms with Crippen LogP contribution in [0.4, 0.5) is 0 Å². The summed E-state index contributed by atoms with van der Waals surface area (Å²) in [4.78, 5) is 32.6. The van der Waals surface area contributed by atoms with Gasteiger partial charge in [-0.05, 0) is 25.3 Å². The first kappa shape index (κ1) is 26.6. The Balaban J connectivity index is 0.00000385. The van der Waals surface area contributed by atoms with Gasteiger partial charge in [0.05, 0.1) is 37.5 Å². The number of esters is 1. The van der Waals surface area contributed by atoms with E-state index >= 15 is 0 Å². The molecule has 2 heterocycles. The number of rotatable bonds is 7. The maximum absolute atomic E-state index is 12.1. The number of ether oxygens (including phenoxy) is 1. The number of amides is 1. The second-order valence-electron chi connectivity index (χ2n) is 7.94. The van der Waals surface area contributed by atoms with Crippen LogP contribution in [-0.2, 0) is 16.1 Å². The van der Waals surface area contributed by atoms with Crippen LogP contribution >= 0.6 is 24.0 Å². The number of hydrogen-bond acceptors (Lipinski definition) is 5. The minimum Gasteiger partial charge on any atom is -0.462 e. The smallest absolute Gasteiger partial charge is 0.341 e. The number of nitrogens with one attached hydrogen (secondary N) is 1. The van der Waals surface area contributed by atoms with Crippen molar-refractivity contribution >= 4 is 41.8 Å². The highest BCUT2D eigenvalue weighted by atomic mass is 127. The standard InChI is InChI=1S/C23H32N6O3.HI/c1-4-32-22(31)19-14-26-29(16-19)20-11-8-12-28(17-20)23(25-15-21(30)27(2)3)24-13-18-9-6-5-7-10-18;/h5-7,9-10,14,16,20H,4,8,11-13,15,17H2,1-3H3,(H,24,25);1H. The van der Waals surface area contributed by atoms with Gasteiger partial charge in [0.25, 0.3) is 0 Å². The van der Waals surface area contributed by atoms with E-state index in [0.717, 1.165) is 24.9 Å². The van der Waals surface area contributed by atoms with Gasteiger partial charge in [0.15, 0.2) is 5.96 Å². The average Bonchev–Trinajstić information content (AvgIpc) is 3.30. The fraction of sp³-hybridized carbons (Fsp3) is 0.478. The van der Waals surface area contributed by atoms with Crippen LogP contribution in [-0.4, -0.2) is 77.8 Å². The first-order chi connectivity index (χ1) is 15.5. The van der Waals surface area contributed by atoms with Crippen molar-refractivity contribution in [3.05, 3.63) is 53.9 Å². The lowest BCUT2D eigenvalue weighted by Gasteiger charge is -2.35. The number of aromatic nitrogens is 2. The van der Waals surface area contributed by atoms with E-state index in [1.165, 1.54) is 0 Å². The molecule has 3 rings (SSSR count). The maximum atomic E-state index is 12.1. The summed E-state index contributed by atoms with van der Waals surface area (Å²) in [5.41, 5.74) is 1.56. The molecular formula is C23H33IN6O3. The molecule has 33 heavy (non-hydrogen) atoms. The number of halogens is 1. The first-order valence-corrected chi connectivity index (χ1v) is 11.0. The highest BCUT2D eigenvalue weighted by Gasteiger charge is 2.25. The van der Waals surface area contributed by atoms with Crippen LogP contribution in [0.25, 0.3) is 0 Å². The van der Waals surface area contributed by atoms with Gasteiger partial charge in [-0.15, -0.1) is 24.0 Å². The number of benzene rings is 1. The second-order valence-corrected chi connectivity index (χ2v) is 7.94. The SMILES string of the molecule is CCOC(=O)c1cnn(C2CCCN(C(=NCc3ccccc3)NCC(=O)N(C)C)C2)c1.I. The molecule has 9 nitrogen and oxygen atoms in total. The van der Waals surface area contributed by atoms with Crippen molar-refractivity contribution in [2.24, 2.45) is 4.99 Å². The third kappa shape index (κ3) is 7.72. The topological polar surface area (TPSA) is 92.1 Å². The number of hydrogen-bond donors (Lipinski definition) is 1. The molecule has 1 aromatic heterocycles. The van der Waals surface area contributed by atoms with Crippen molar-refractivity contribution in [1.82, 2.24) is 24.9 Å². The predicted molar refractivity (Wildman–Crippen MR) is 138 cm³/mol. The summed E-state index contributed by atoms with van der Waals surface area (Å²) in [6, 6.07) is 10.1. The fourth-order valence-electron chi connectivity index (χ4n) is 3.55. The van der Waals surface area contributed by atoms with E-state index in [1.807, 2.05) is 35.0 Å².